The predicted molar refractivity (Wildman–Crippen MR) is 128 cm³/mol. The molecule has 1 N–H and O–H groups in total. The number of rotatable bonds is 5. The van der Waals surface area contributed by atoms with Gasteiger partial charge < -0.3 is 19.7 Å². The van der Waals surface area contributed by atoms with E-state index >= 15 is 0 Å². The van der Waals surface area contributed by atoms with Crippen molar-refractivity contribution in [2.75, 3.05) is 38.1 Å². The second-order valence-corrected chi connectivity index (χ2v) is 7.68. The zero-order valence-corrected chi connectivity index (χ0v) is 19.9. The first kappa shape index (κ1) is 22.8. The van der Waals surface area contributed by atoms with Crippen LogP contribution in [0.1, 0.15) is 19.7 Å². The van der Waals surface area contributed by atoms with Crippen molar-refractivity contribution in [1.29, 1.82) is 0 Å². The number of nitrogens with one attached hydrogen (secondary N) is 1. The van der Waals surface area contributed by atoms with E-state index in [0.29, 0.717) is 12.5 Å². The summed E-state index contributed by atoms with van der Waals surface area (Å²) in [6, 6.07) is 8.06. The van der Waals surface area contributed by atoms with E-state index in [9.17, 15) is 0 Å². The van der Waals surface area contributed by atoms with Gasteiger partial charge in [0.25, 0.3) is 0 Å². The van der Waals surface area contributed by atoms with Gasteiger partial charge in [0.05, 0.1) is 6.54 Å². The molecule has 1 aliphatic rings. The summed E-state index contributed by atoms with van der Waals surface area (Å²) in [4.78, 5) is 13.6. The van der Waals surface area contributed by atoms with Crippen molar-refractivity contribution in [3.63, 3.8) is 0 Å². The third-order valence-electron chi connectivity index (χ3n) is 4.73. The van der Waals surface area contributed by atoms with Crippen LogP contribution in [0.15, 0.2) is 41.7 Å². The molecule has 8 heteroatoms. The van der Waals surface area contributed by atoms with Crippen molar-refractivity contribution >= 4 is 47.2 Å². The minimum Gasteiger partial charge on any atom is -0.368 e. The normalized spacial score (nSPS) is 15.0. The number of imidazole rings is 1. The van der Waals surface area contributed by atoms with E-state index in [1.54, 1.807) is 0 Å². The van der Waals surface area contributed by atoms with E-state index in [2.05, 4.69) is 49.6 Å². The number of benzene rings is 1. The van der Waals surface area contributed by atoms with Gasteiger partial charge in [0.1, 0.15) is 5.82 Å². The van der Waals surface area contributed by atoms with Crippen molar-refractivity contribution in [3.05, 3.63) is 47.5 Å². The number of piperazine rings is 1. The number of hydrogen-bond acceptors (Lipinski definition) is 3. The molecule has 1 fully saturated rings. The number of anilines is 1. The van der Waals surface area contributed by atoms with E-state index in [0.717, 1.165) is 49.5 Å². The van der Waals surface area contributed by atoms with Crippen molar-refractivity contribution in [2.24, 2.45) is 10.9 Å². The molecule has 0 saturated carbocycles. The van der Waals surface area contributed by atoms with Crippen molar-refractivity contribution in [3.8, 4) is 0 Å². The lowest BCUT2D eigenvalue weighted by molar-refractivity contribution is 0.371. The van der Waals surface area contributed by atoms with Crippen molar-refractivity contribution in [1.82, 2.24) is 19.8 Å². The number of hydrogen-bond donors (Lipinski definition) is 1. The molecule has 0 spiro atoms. The quantitative estimate of drug-likeness (QED) is 0.374. The number of halogens is 2. The number of aromatic nitrogens is 2. The molecule has 3 rings (SSSR count). The van der Waals surface area contributed by atoms with Crippen LogP contribution in [0.25, 0.3) is 0 Å². The molecule has 1 aliphatic heterocycles. The topological polar surface area (TPSA) is 48.7 Å². The van der Waals surface area contributed by atoms with Crippen LogP contribution in [0.5, 0.6) is 0 Å². The van der Waals surface area contributed by atoms with E-state index in [-0.39, 0.29) is 24.0 Å². The Hall–Kier alpha value is -1.48. The zero-order valence-electron chi connectivity index (χ0n) is 16.8. The van der Waals surface area contributed by atoms with Gasteiger partial charge in [-0.1, -0.05) is 31.5 Å². The minimum absolute atomic E-state index is 0. The van der Waals surface area contributed by atoms with E-state index in [1.165, 1.54) is 5.69 Å². The van der Waals surface area contributed by atoms with Crippen LogP contribution in [0, 0.1) is 5.92 Å². The Morgan fingerprint density at radius 2 is 2.00 bits per heavy atom. The average Bonchev–Trinajstić information content (AvgIpc) is 3.09. The second kappa shape index (κ2) is 10.9. The van der Waals surface area contributed by atoms with Crippen molar-refractivity contribution in [2.45, 2.75) is 26.9 Å². The minimum atomic E-state index is 0. The van der Waals surface area contributed by atoms with Crippen LogP contribution < -0.4 is 10.2 Å². The maximum Gasteiger partial charge on any atom is 0.194 e. The Morgan fingerprint density at radius 1 is 1.25 bits per heavy atom. The third kappa shape index (κ3) is 6.01. The standard InChI is InChI=1S/C20H29ClN6.HI/c1-16(2)15-27-8-7-23-19(27)14-24-20(22-3)26-11-9-25(10-12-26)18-6-4-5-17(21)13-18;/h4-8,13,16H,9-12,14-15H2,1-3H3,(H,22,24);1H. The van der Waals surface area contributed by atoms with Gasteiger partial charge in [-0.2, -0.15) is 0 Å². The number of nitrogens with zero attached hydrogens (tertiary/aromatic N) is 5. The van der Waals surface area contributed by atoms with Gasteiger partial charge in [-0.25, -0.2) is 4.98 Å². The lowest BCUT2D eigenvalue weighted by Gasteiger charge is -2.37. The van der Waals surface area contributed by atoms with Crippen LogP contribution in [-0.4, -0.2) is 53.6 Å². The van der Waals surface area contributed by atoms with Gasteiger partial charge in [0, 0.05) is 62.9 Å². The summed E-state index contributed by atoms with van der Waals surface area (Å²) in [5, 5.41) is 4.25. The molecule has 0 aliphatic carbocycles. The SMILES string of the molecule is CN=C(NCc1nccn1CC(C)C)N1CCN(c2cccc(Cl)c2)CC1.I. The summed E-state index contributed by atoms with van der Waals surface area (Å²) in [5.74, 6) is 2.57. The number of guanidine groups is 1. The molecule has 2 heterocycles. The summed E-state index contributed by atoms with van der Waals surface area (Å²) in [6.07, 6.45) is 3.91. The van der Waals surface area contributed by atoms with Crippen LogP contribution >= 0.6 is 35.6 Å². The molecule has 6 nitrogen and oxygen atoms in total. The van der Waals surface area contributed by atoms with Crippen LogP contribution in [0.3, 0.4) is 0 Å². The van der Waals surface area contributed by atoms with Gasteiger partial charge in [0.15, 0.2) is 5.96 Å². The van der Waals surface area contributed by atoms with Crippen molar-refractivity contribution < 1.29 is 0 Å². The fourth-order valence-electron chi connectivity index (χ4n) is 3.41. The van der Waals surface area contributed by atoms with Gasteiger partial charge in [-0.05, 0) is 24.1 Å². The maximum absolute atomic E-state index is 6.13. The molecule has 0 atom stereocenters. The molecule has 28 heavy (non-hydrogen) atoms. The maximum atomic E-state index is 6.13. The summed E-state index contributed by atoms with van der Waals surface area (Å²) in [6.45, 7) is 9.84. The van der Waals surface area contributed by atoms with E-state index in [1.807, 2.05) is 37.6 Å². The first-order chi connectivity index (χ1) is 13.1. The molecular formula is C20H30ClIN6. The lowest BCUT2D eigenvalue weighted by Crippen LogP contribution is -2.52. The van der Waals surface area contributed by atoms with E-state index < -0.39 is 0 Å². The third-order valence-corrected chi connectivity index (χ3v) is 4.97. The fourth-order valence-corrected chi connectivity index (χ4v) is 3.59. The van der Waals surface area contributed by atoms with Gasteiger partial charge in [0.2, 0.25) is 0 Å². The Morgan fingerprint density at radius 3 is 2.64 bits per heavy atom. The second-order valence-electron chi connectivity index (χ2n) is 7.24. The highest BCUT2D eigenvalue weighted by Gasteiger charge is 2.20. The highest BCUT2D eigenvalue weighted by Crippen LogP contribution is 2.20. The zero-order chi connectivity index (χ0) is 19.2. The fraction of sp³-hybridized carbons (Fsp3) is 0.500. The Bertz CT molecular complexity index is 768. The molecule has 1 saturated heterocycles. The Balaban J connectivity index is 0.00000280. The van der Waals surface area contributed by atoms with E-state index in [4.69, 9.17) is 11.6 Å². The van der Waals surface area contributed by atoms with Gasteiger partial charge in [-0.3, -0.25) is 4.99 Å². The highest BCUT2D eigenvalue weighted by atomic mass is 127. The molecule has 1 aromatic carbocycles. The number of aliphatic imine (C=N–C) groups is 1. The van der Waals surface area contributed by atoms with Crippen LogP contribution in [0.4, 0.5) is 5.69 Å². The predicted octanol–water partition coefficient (Wildman–Crippen LogP) is 3.71. The lowest BCUT2D eigenvalue weighted by atomic mass is 10.2. The Kier molecular flexibility index (Phi) is 8.88. The molecule has 1 aromatic heterocycles. The molecule has 0 radical (unpaired) electrons. The van der Waals surface area contributed by atoms with Crippen LogP contribution in [0.2, 0.25) is 5.02 Å². The Labute approximate surface area is 190 Å². The summed E-state index contributed by atoms with van der Waals surface area (Å²) >= 11 is 6.13. The molecule has 0 amide bonds. The first-order valence-electron chi connectivity index (χ1n) is 9.53. The summed E-state index contributed by atoms with van der Waals surface area (Å²) in [5.41, 5.74) is 1.18. The first-order valence-corrected chi connectivity index (χ1v) is 9.90. The average molecular weight is 517 g/mol. The molecule has 2 aromatic rings. The molecule has 154 valence electrons. The van der Waals surface area contributed by atoms with Crippen LogP contribution in [-0.2, 0) is 13.1 Å². The van der Waals surface area contributed by atoms with Gasteiger partial charge in [-0.15, -0.1) is 24.0 Å². The monoisotopic (exact) mass is 516 g/mol. The summed E-state index contributed by atoms with van der Waals surface area (Å²) in [7, 11) is 1.84. The molecule has 0 unspecified atom stereocenters. The largest absolute Gasteiger partial charge is 0.368 e. The smallest absolute Gasteiger partial charge is 0.194 e. The molecule has 0 bridgehead atoms. The van der Waals surface area contributed by atoms with Gasteiger partial charge >= 0.3 is 0 Å². The highest BCUT2D eigenvalue weighted by molar-refractivity contribution is 14.0. The molecular weight excluding hydrogens is 487 g/mol. The summed E-state index contributed by atoms with van der Waals surface area (Å²) < 4.78 is 2.21.